The summed E-state index contributed by atoms with van der Waals surface area (Å²) < 4.78 is 0. The molecular formula is C22H28N2O3S. The van der Waals surface area contributed by atoms with Crippen molar-refractivity contribution in [2.24, 2.45) is 5.41 Å². The molecule has 1 aromatic carbocycles. The molecule has 28 heavy (non-hydrogen) atoms. The van der Waals surface area contributed by atoms with E-state index in [1.807, 2.05) is 25.3 Å². The van der Waals surface area contributed by atoms with E-state index >= 15 is 0 Å². The van der Waals surface area contributed by atoms with Gasteiger partial charge < -0.3 is 10.4 Å². The summed E-state index contributed by atoms with van der Waals surface area (Å²) in [5.74, 6) is -1.17. The lowest BCUT2D eigenvalue weighted by Gasteiger charge is -2.26. The number of aromatic nitrogens is 1. The Balaban J connectivity index is 2.14. The Kier molecular flexibility index (Phi) is 7.52. The standard InChI is InChI=1S/C22H28N2O3S/c1-5-9-18-13-28-20(24-18)15(4)16-10-8-11-17(12-16)19(25)23-14-22(6-2,7-3)21(26)27/h8,10-13H,4-7,9,14H2,1-3H3,(H,23,25)(H,26,27). The van der Waals surface area contributed by atoms with Crippen LogP contribution in [0.3, 0.4) is 0 Å². The van der Waals surface area contributed by atoms with Crippen LogP contribution in [0.2, 0.25) is 0 Å². The maximum atomic E-state index is 12.6. The monoisotopic (exact) mass is 400 g/mol. The first-order chi connectivity index (χ1) is 13.4. The Bertz CT molecular complexity index is 853. The molecule has 0 spiro atoms. The number of carboxylic acids is 1. The Hall–Kier alpha value is -2.47. The highest BCUT2D eigenvalue weighted by molar-refractivity contribution is 7.10. The number of carboxylic acid groups (broad SMARTS) is 1. The van der Waals surface area contributed by atoms with E-state index < -0.39 is 11.4 Å². The third kappa shape index (κ3) is 4.87. The van der Waals surface area contributed by atoms with E-state index in [-0.39, 0.29) is 12.5 Å². The maximum Gasteiger partial charge on any atom is 0.311 e. The topological polar surface area (TPSA) is 79.3 Å². The number of hydrogen-bond donors (Lipinski definition) is 2. The number of rotatable bonds is 10. The lowest BCUT2D eigenvalue weighted by molar-refractivity contribution is -0.149. The van der Waals surface area contributed by atoms with Gasteiger partial charge in [-0.2, -0.15) is 0 Å². The second kappa shape index (κ2) is 9.64. The number of amides is 1. The lowest BCUT2D eigenvalue weighted by Crippen LogP contribution is -2.42. The first-order valence-corrected chi connectivity index (χ1v) is 10.5. The molecule has 1 amide bonds. The van der Waals surface area contributed by atoms with Crippen LogP contribution in [0.15, 0.2) is 36.2 Å². The van der Waals surface area contributed by atoms with Crippen molar-refractivity contribution >= 4 is 28.8 Å². The molecule has 0 bridgehead atoms. The molecule has 2 N–H and O–H groups in total. The van der Waals surface area contributed by atoms with Gasteiger partial charge in [0.2, 0.25) is 0 Å². The minimum absolute atomic E-state index is 0.103. The van der Waals surface area contributed by atoms with E-state index in [1.165, 1.54) is 0 Å². The van der Waals surface area contributed by atoms with E-state index in [4.69, 9.17) is 0 Å². The molecule has 1 heterocycles. The highest BCUT2D eigenvalue weighted by Crippen LogP contribution is 2.27. The summed E-state index contributed by atoms with van der Waals surface area (Å²) in [6.07, 6.45) is 2.89. The molecule has 0 fully saturated rings. The van der Waals surface area contributed by atoms with Crippen molar-refractivity contribution in [2.45, 2.75) is 46.5 Å². The molecule has 0 unspecified atom stereocenters. The van der Waals surface area contributed by atoms with Crippen LogP contribution in [-0.2, 0) is 11.2 Å². The van der Waals surface area contributed by atoms with Gasteiger partial charge in [-0.15, -0.1) is 11.3 Å². The third-order valence-electron chi connectivity index (χ3n) is 5.18. The largest absolute Gasteiger partial charge is 0.481 e. The highest BCUT2D eigenvalue weighted by Gasteiger charge is 2.35. The molecule has 5 nitrogen and oxygen atoms in total. The normalized spacial score (nSPS) is 11.2. The van der Waals surface area contributed by atoms with Gasteiger partial charge in [-0.05, 0) is 37.0 Å². The number of benzene rings is 1. The molecular weight excluding hydrogens is 372 g/mol. The molecule has 0 saturated carbocycles. The smallest absolute Gasteiger partial charge is 0.311 e. The SMILES string of the molecule is C=C(c1cccc(C(=O)NCC(CC)(CC)C(=O)O)c1)c1nc(CCC)cs1. The van der Waals surface area contributed by atoms with Crippen LogP contribution < -0.4 is 5.32 Å². The van der Waals surface area contributed by atoms with Crippen molar-refractivity contribution in [1.82, 2.24) is 10.3 Å². The van der Waals surface area contributed by atoms with Gasteiger partial charge >= 0.3 is 5.97 Å². The third-order valence-corrected chi connectivity index (χ3v) is 6.13. The number of carbonyl (C=O) groups excluding carboxylic acids is 1. The zero-order valence-electron chi connectivity index (χ0n) is 16.7. The first kappa shape index (κ1) is 21.8. The summed E-state index contributed by atoms with van der Waals surface area (Å²) in [7, 11) is 0. The molecule has 0 radical (unpaired) electrons. The number of aryl methyl sites for hydroxylation is 1. The molecule has 0 aliphatic rings. The summed E-state index contributed by atoms with van der Waals surface area (Å²) in [6.45, 7) is 10.0. The van der Waals surface area contributed by atoms with Gasteiger partial charge in [0, 0.05) is 23.1 Å². The Morgan fingerprint density at radius 3 is 2.50 bits per heavy atom. The molecule has 150 valence electrons. The molecule has 0 atom stereocenters. The van der Waals surface area contributed by atoms with Crippen LogP contribution >= 0.6 is 11.3 Å². The van der Waals surface area contributed by atoms with Gasteiger partial charge in [-0.3, -0.25) is 9.59 Å². The Labute approximate surface area is 170 Å². The van der Waals surface area contributed by atoms with Gasteiger partial charge in [0.05, 0.1) is 11.1 Å². The highest BCUT2D eigenvalue weighted by atomic mass is 32.1. The second-order valence-corrected chi connectivity index (χ2v) is 7.79. The van der Waals surface area contributed by atoms with Gasteiger partial charge in [-0.1, -0.05) is 45.9 Å². The fraction of sp³-hybridized carbons (Fsp3) is 0.409. The molecule has 0 aliphatic heterocycles. The van der Waals surface area contributed by atoms with Crippen molar-refractivity contribution in [1.29, 1.82) is 0 Å². The average Bonchev–Trinajstić information content (AvgIpc) is 3.17. The van der Waals surface area contributed by atoms with Crippen molar-refractivity contribution in [3.05, 3.63) is 58.1 Å². The van der Waals surface area contributed by atoms with Crippen LogP contribution in [0.5, 0.6) is 0 Å². The van der Waals surface area contributed by atoms with Crippen molar-refractivity contribution < 1.29 is 14.7 Å². The van der Waals surface area contributed by atoms with E-state index in [0.717, 1.165) is 34.7 Å². The van der Waals surface area contributed by atoms with Crippen LogP contribution in [0.25, 0.3) is 5.57 Å². The summed E-state index contributed by atoms with van der Waals surface area (Å²) in [5.41, 5.74) is 2.22. The number of aliphatic carboxylic acids is 1. The molecule has 1 aromatic heterocycles. The van der Waals surface area contributed by atoms with Crippen LogP contribution in [0.1, 0.15) is 66.7 Å². The minimum Gasteiger partial charge on any atom is -0.481 e. The maximum absolute atomic E-state index is 12.6. The van der Waals surface area contributed by atoms with Crippen molar-refractivity contribution in [2.75, 3.05) is 6.54 Å². The van der Waals surface area contributed by atoms with Gasteiger partial charge in [0.15, 0.2) is 0 Å². The number of hydrogen-bond acceptors (Lipinski definition) is 4. The predicted octanol–water partition coefficient (Wildman–Crippen LogP) is 4.78. The number of nitrogens with one attached hydrogen (secondary N) is 1. The van der Waals surface area contributed by atoms with Crippen molar-refractivity contribution in [3.63, 3.8) is 0 Å². The molecule has 0 saturated heterocycles. The summed E-state index contributed by atoms with van der Waals surface area (Å²) in [6, 6.07) is 7.20. The van der Waals surface area contributed by atoms with Gasteiger partial charge in [-0.25, -0.2) is 4.98 Å². The number of thiazole rings is 1. The minimum atomic E-state index is -0.937. The molecule has 2 rings (SSSR count). The summed E-state index contributed by atoms with van der Waals surface area (Å²) >= 11 is 1.55. The lowest BCUT2D eigenvalue weighted by atomic mass is 9.82. The molecule has 2 aromatic rings. The van der Waals surface area contributed by atoms with E-state index in [2.05, 4.69) is 23.8 Å². The van der Waals surface area contributed by atoms with Crippen LogP contribution in [0.4, 0.5) is 0 Å². The fourth-order valence-electron chi connectivity index (χ4n) is 3.02. The van der Waals surface area contributed by atoms with E-state index in [9.17, 15) is 14.7 Å². The fourth-order valence-corrected chi connectivity index (χ4v) is 3.87. The van der Waals surface area contributed by atoms with E-state index in [0.29, 0.717) is 18.4 Å². The molecule has 0 aliphatic carbocycles. The second-order valence-electron chi connectivity index (χ2n) is 6.93. The average molecular weight is 401 g/mol. The quantitative estimate of drug-likeness (QED) is 0.602. The number of nitrogens with zero attached hydrogens (tertiary/aromatic N) is 1. The predicted molar refractivity (Wildman–Crippen MR) is 114 cm³/mol. The number of carbonyl (C=O) groups is 2. The zero-order valence-corrected chi connectivity index (χ0v) is 17.6. The van der Waals surface area contributed by atoms with Crippen LogP contribution in [0, 0.1) is 5.41 Å². The van der Waals surface area contributed by atoms with Crippen LogP contribution in [-0.4, -0.2) is 28.5 Å². The molecule has 6 heteroatoms. The first-order valence-electron chi connectivity index (χ1n) is 9.62. The summed E-state index contributed by atoms with van der Waals surface area (Å²) in [4.78, 5) is 28.8. The zero-order chi connectivity index (χ0) is 20.7. The summed E-state index contributed by atoms with van der Waals surface area (Å²) in [5, 5.41) is 15.2. The Morgan fingerprint density at radius 1 is 1.21 bits per heavy atom. The van der Waals surface area contributed by atoms with Crippen molar-refractivity contribution in [3.8, 4) is 0 Å². The van der Waals surface area contributed by atoms with Gasteiger partial charge in [0.25, 0.3) is 5.91 Å². The van der Waals surface area contributed by atoms with E-state index in [1.54, 1.807) is 29.5 Å². The van der Waals surface area contributed by atoms with Gasteiger partial charge in [0.1, 0.15) is 5.01 Å². The Morgan fingerprint density at radius 2 is 1.89 bits per heavy atom.